The molecule has 4 aromatic heterocycles. The van der Waals surface area contributed by atoms with Crippen molar-refractivity contribution in [2.45, 2.75) is 12.8 Å². The highest BCUT2D eigenvalue weighted by atomic mass is 35.5. The zero-order valence-corrected chi connectivity index (χ0v) is 27.7. The van der Waals surface area contributed by atoms with E-state index in [1.165, 1.54) is 40.4 Å². The second-order valence-electron chi connectivity index (χ2n) is 10.8. The zero-order chi connectivity index (χ0) is 29.4. The SMILES string of the molecule is Clc1c2c(c(Cl)c3c1=Nc1ccc(-c4ccc(-c5cccs5)s4)cc1C3)=Nc1ccc(-c3ccc(-c4cccs4)s3)cc1C2. The monoisotopic (exact) mass is 678 g/mol. The molecule has 212 valence electrons. The summed E-state index contributed by atoms with van der Waals surface area (Å²) < 4.78 is 0. The second-order valence-corrected chi connectivity index (χ2v) is 15.6. The molecule has 0 radical (unpaired) electrons. The molecule has 2 aliphatic rings. The lowest BCUT2D eigenvalue weighted by Gasteiger charge is -2.21. The summed E-state index contributed by atoms with van der Waals surface area (Å²) >= 11 is 21.4. The van der Waals surface area contributed by atoms with Gasteiger partial charge in [-0.2, -0.15) is 0 Å². The first-order chi connectivity index (χ1) is 21.6. The molecule has 0 amide bonds. The Bertz CT molecular complexity index is 2200. The first-order valence-corrected chi connectivity index (χ1v) is 18.2. The Morgan fingerprint density at radius 1 is 0.500 bits per heavy atom. The van der Waals surface area contributed by atoms with Gasteiger partial charge in [0.05, 0.1) is 32.1 Å². The number of fused-ring (bicyclic) bond motifs is 4. The van der Waals surface area contributed by atoms with Gasteiger partial charge in [-0.25, -0.2) is 9.98 Å². The van der Waals surface area contributed by atoms with Gasteiger partial charge in [-0.05, 0) is 93.7 Å². The molecule has 6 heterocycles. The summed E-state index contributed by atoms with van der Waals surface area (Å²) in [6.45, 7) is 0. The summed E-state index contributed by atoms with van der Waals surface area (Å²) in [5.74, 6) is 0. The van der Waals surface area contributed by atoms with Crippen molar-refractivity contribution in [1.29, 1.82) is 0 Å². The molecule has 3 aromatic carbocycles. The van der Waals surface area contributed by atoms with Crippen molar-refractivity contribution >= 4 is 79.9 Å². The third-order valence-corrected chi connectivity index (χ3v) is 13.4. The molecular formula is C36H20Cl2N2S4. The van der Waals surface area contributed by atoms with Crippen LogP contribution < -0.4 is 10.7 Å². The molecule has 2 aliphatic heterocycles. The third kappa shape index (κ3) is 4.47. The Balaban J connectivity index is 1.08. The van der Waals surface area contributed by atoms with Crippen LogP contribution in [0.1, 0.15) is 22.3 Å². The minimum atomic E-state index is 0.656. The first kappa shape index (κ1) is 27.0. The fourth-order valence-electron chi connectivity index (χ4n) is 6.00. The highest BCUT2D eigenvalue weighted by molar-refractivity contribution is 7.23. The van der Waals surface area contributed by atoms with Gasteiger partial charge in [-0.1, -0.05) is 47.5 Å². The van der Waals surface area contributed by atoms with E-state index in [-0.39, 0.29) is 0 Å². The Kier molecular flexibility index (Phi) is 6.52. The lowest BCUT2D eigenvalue weighted by molar-refractivity contribution is 1.01. The molecular weight excluding hydrogens is 660 g/mol. The summed E-state index contributed by atoms with van der Waals surface area (Å²) in [5.41, 5.74) is 8.49. The minimum absolute atomic E-state index is 0.656. The van der Waals surface area contributed by atoms with Crippen molar-refractivity contribution in [3.8, 4) is 40.4 Å². The lowest BCUT2D eigenvalue weighted by atomic mass is 9.92. The van der Waals surface area contributed by atoms with Crippen LogP contribution in [0.4, 0.5) is 11.4 Å². The average Bonchev–Trinajstić information content (AvgIpc) is 3.88. The van der Waals surface area contributed by atoms with Gasteiger partial charge in [-0.15, -0.1) is 45.3 Å². The van der Waals surface area contributed by atoms with Gasteiger partial charge in [0.2, 0.25) is 0 Å². The minimum Gasteiger partial charge on any atom is -0.247 e. The van der Waals surface area contributed by atoms with Crippen LogP contribution in [0, 0.1) is 0 Å². The Hall–Kier alpha value is -3.36. The van der Waals surface area contributed by atoms with Crippen molar-refractivity contribution in [1.82, 2.24) is 0 Å². The van der Waals surface area contributed by atoms with Crippen LogP contribution in [0.2, 0.25) is 10.0 Å². The van der Waals surface area contributed by atoms with Crippen molar-refractivity contribution in [3.05, 3.63) is 139 Å². The summed E-state index contributed by atoms with van der Waals surface area (Å²) in [4.78, 5) is 17.8. The number of thiophene rings is 4. The molecule has 0 atom stereocenters. The molecule has 0 fully saturated rings. The van der Waals surface area contributed by atoms with E-state index < -0.39 is 0 Å². The maximum atomic E-state index is 7.14. The largest absolute Gasteiger partial charge is 0.247 e. The van der Waals surface area contributed by atoms with Crippen LogP contribution in [-0.2, 0) is 12.8 Å². The van der Waals surface area contributed by atoms with E-state index in [0.717, 1.165) is 44.3 Å². The summed E-state index contributed by atoms with van der Waals surface area (Å²) in [5, 5.41) is 7.11. The Labute approximate surface area is 279 Å². The van der Waals surface area contributed by atoms with E-state index in [2.05, 4.69) is 95.7 Å². The topological polar surface area (TPSA) is 24.7 Å². The number of nitrogens with zero attached hydrogens (tertiary/aromatic N) is 2. The van der Waals surface area contributed by atoms with Gasteiger partial charge < -0.3 is 0 Å². The van der Waals surface area contributed by atoms with E-state index in [1.807, 2.05) is 22.7 Å². The molecule has 0 saturated carbocycles. The number of hydrogen-bond acceptors (Lipinski definition) is 6. The van der Waals surface area contributed by atoms with E-state index in [1.54, 1.807) is 22.7 Å². The summed E-state index contributed by atoms with van der Waals surface area (Å²) in [7, 11) is 0. The first-order valence-electron chi connectivity index (χ1n) is 14.1. The van der Waals surface area contributed by atoms with Gasteiger partial charge in [0.1, 0.15) is 0 Å². The second kappa shape index (κ2) is 10.6. The molecule has 2 nitrogen and oxygen atoms in total. The molecule has 44 heavy (non-hydrogen) atoms. The summed E-state index contributed by atoms with van der Waals surface area (Å²) in [6, 6.07) is 30.4. The quantitative estimate of drug-likeness (QED) is 0.177. The van der Waals surface area contributed by atoms with Crippen LogP contribution >= 0.6 is 68.5 Å². The Morgan fingerprint density at radius 3 is 1.39 bits per heavy atom. The van der Waals surface area contributed by atoms with Crippen LogP contribution in [0.5, 0.6) is 0 Å². The maximum absolute atomic E-state index is 7.14. The molecule has 0 aliphatic carbocycles. The van der Waals surface area contributed by atoms with Crippen LogP contribution in [0.15, 0.2) is 106 Å². The predicted octanol–water partition coefficient (Wildman–Crippen LogP) is 11.6. The van der Waals surface area contributed by atoms with Crippen molar-refractivity contribution < 1.29 is 0 Å². The highest BCUT2D eigenvalue weighted by Crippen LogP contribution is 2.41. The number of halogens is 2. The molecule has 7 aromatic rings. The van der Waals surface area contributed by atoms with Gasteiger partial charge in [-0.3, -0.25) is 0 Å². The van der Waals surface area contributed by atoms with E-state index in [4.69, 9.17) is 33.2 Å². The lowest BCUT2D eigenvalue weighted by Crippen LogP contribution is -2.28. The average molecular weight is 680 g/mol. The molecule has 0 unspecified atom stereocenters. The van der Waals surface area contributed by atoms with Crippen LogP contribution in [0.3, 0.4) is 0 Å². The van der Waals surface area contributed by atoms with Crippen molar-refractivity contribution in [2.75, 3.05) is 0 Å². The normalized spacial score (nSPS) is 13.0. The molecule has 0 bridgehead atoms. The number of rotatable bonds is 4. The molecule has 8 heteroatoms. The van der Waals surface area contributed by atoms with Gasteiger partial charge in [0, 0.05) is 53.2 Å². The fraction of sp³-hybridized carbons (Fsp3) is 0.0556. The van der Waals surface area contributed by atoms with Crippen LogP contribution in [-0.4, -0.2) is 0 Å². The molecule has 9 rings (SSSR count). The summed E-state index contributed by atoms with van der Waals surface area (Å²) in [6.07, 6.45) is 1.34. The van der Waals surface area contributed by atoms with Crippen molar-refractivity contribution in [2.24, 2.45) is 9.98 Å². The predicted molar refractivity (Wildman–Crippen MR) is 190 cm³/mol. The number of hydrogen-bond donors (Lipinski definition) is 0. The van der Waals surface area contributed by atoms with Crippen LogP contribution in [0.25, 0.3) is 40.4 Å². The smallest absolute Gasteiger partial charge is 0.0878 e. The van der Waals surface area contributed by atoms with E-state index >= 15 is 0 Å². The van der Waals surface area contributed by atoms with Gasteiger partial charge in [0.15, 0.2) is 0 Å². The number of benzene rings is 3. The van der Waals surface area contributed by atoms with E-state index in [9.17, 15) is 0 Å². The van der Waals surface area contributed by atoms with Crippen molar-refractivity contribution in [3.63, 3.8) is 0 Å². The fourth-order valence-corrected chi connectivity index (χ4v) is 10.3. The molecule has 0 saturated heterocycles. The standard InChI is InChI=1S/C36H20Cl2N2S4/c37-33-23-17-21-15-19(27-9-11-31(43-27)29-3-1-13-41-29)5-7-25(21)39-35(23)34(38)24-18-22-16-20(6-8-26(22)40-36(24)33)28-10-12-32(44-28)30-4-2-14-42-30/h1-16H,17-18H2. The van der Waals surface area contributed by atoms with Gasteiger partial charge in [0.25, 0.3) is 0 Å². The molecule has 0 N–H and O–H groups in total. The zero-order valence-electron chi connectivity index (χ0n) is 22.9. The maximum Gasteiger partial charge on any atom is 0.0878 e. The third-order valence-electron chi connectivity index (χ3n) is 8.18. The highest BCUT2D eigenvalue weighted by Gasteiger charge is 2.25. The Morgan fingerprint density at radius 2 is 0.955 bits per heavy atom. The van der Waals surface area contributed by atoms with Gasteiger partial charge >= 0.3 is 0 Å². The molecule has 0 spiro atoms. The van der Waals surface area contributed by atoms with E-state index in [0.29, 0.717) is 22.9 Å².